The molecule has 0 amide bonds. The molecule has 0 aliphatic rings. The number of rotatable bonds is 5. The van der Waals surface area contributed by atoms with Crippen molar-refractivity contribution in [2.75, 3.05) is 14.2 Å². The van der Waals surface area contributed by atoms with E-state index in [1.165, 1.54) is 5.19 Å². The van der Waals surface area contributed by atoms with Gasteiger partial charge in [0.25, 0.3) is 0 Å². The summed E-state index contributed by atoms with van der Waals surface area (Å²) in [6.07, 6.45) is 0.786. The molecule has 0 radical (unpaired) electrons. The molecule has 0 spiro atoms. The molecule has 1 heterocycles. The van der Waals surface area contributed by atoms with Gasteiger partial charge in [-0.25, -0.2) is 0 Å². The Bertz CT molecular complexity index is 937. The molecule has 0 unspecified atom stereocenters. The zero-order chi connectivity index (χ0) is 19.1. The predicted molar refractivity (Wildman–Crippen MR) is 109 cm³/mol. The minimum absolute atomic E-state index is 0.0179. The van der Waals surface area contributed by atoms with E-state index < -0.39 is 8.07 Å². The molecule has 26 heavy (non-hydrogen) atoms. The third kappa shape index (κ3) is 2.76. The Hall–Kier alpha value is -2.40. The number of ether oxygens (including phenoxy) is 2. The second kappa shape index (κ2) is 6.72. The van der Waals surface area contributed by atoms with Crippen LogP contribution in [0.4, 0.5) is 0 Å². The average molecular weight is 371 g/mol. The minimum atomic E-state index is -1.76. The van der Waals surface area contributed by atoms with Crippen molar-refractivity contribution in [2.45, 2.75) is 33.0 Å². The van der Waals surface area contributed by atoms with E-state index in [-0.39, 0.29) is 5.75 Å². The highest BCUT2D eigenvalue weighted by molar-refractivity contribution is 6.90. The lowest BCUT2D eigenvalue weighted by atomic mass is 10.0. The number of aromatic hydroxyl groups is 1. The Morgan fingerprint density at radius 3 is 2.12 bits per heavy atom. The lowest BCUT2D eigenvalue weighted by Gasteiger charge is -2.19. The van der Waals surface area contributed by atoms with Crippen LogP contribution >= 0.6 is 0 Å². The summed E-state index contributed by atoms with van der Waals surface area (Å²) in [7, 11) is 1.36. The zero-order valence-corrected chi connectivity index (χ0v) is 17.3. The first-order valence-electron chi connectivity index (χ1n) is 8.83. The monoisotopic (exact) mass is 370 g/mol. The van der Waals surface area contributed by atoms with Gasteiger partial charge in [-0.2, -0.15) is 0 Å². The summed E-state index contributed by atoms with van der Waals surface area (Å²) < 4.78 is 17.6. The molecule has 0 saturated carbocycles. The fourth-order valence-electron chi connectivity index (χ4n) is 3.62. The first-order valence-corrected chi connectivity index (χ1v) is 12.3. The van der Waals surface area contributed by atoms with Crippen molar-refractivity contribution in [3.8, 4) is 28.4 Å². The number of phenolic OH excluding ortho intramolecular Hbond substituents is 1. The van der Waals surface area contributed by atoms with Crippen molar-refractivity contribution in [1.82, 2.24) is 0 Å². The van der Waals surface area contributed by atoms with Gasteiger partial charge in [0, 0.05) is 6.42 Å². The molecule has 2 aromatic carbocycles. The molecule has 4 nitrogen and oxygen atoms in total. The molecule has 5 heteroatoms. The summed E-state index contributed by atoms with van der Waals surface area (Å²) in [4.78, 5) is 0. The van der Waals surface area contributed by atoms with E-state index in [1.807, 2.05) is 30.3 Å². The van der Waals surface area contributed by atoms with Crippen molar-refractivity contribution in [2.24, 2.45) is 0 Å². The molecule has 1 aromatic heterocycles. The van der Waals surface area contributed by atoms with E-state index in [1.54, 1.807) is 14.2 Å². The number of aryl methyl sites for hydroxylation is 1. The van der Waals surface area contributed by atoms with Crippen molar-refractivity contribution < 1.29 is 19.0 Å². The number of phenols is 1. The molecule has 0 atom stereocenters. The lowest BCUT2D eigenvalue weighted by molar-refractivity contribution is 0.343. The van der Waals surface area contributed by atoms with Gasteiger partial charge < -0.3 is 19.0 Å². The number of furan rings is 1. The second-order valence-corrected chi connectivity index (χ2v) is 12.4. The van der Waals surface area contributed by atoms with Crippen LogP contribution in [0.3, 0.4) is 0 Å². The molecule has 0 saturated heterocycles. The van der Waals surface area contributed by atoms with Gasteiger partial charge in [0.1, 0.15) is 11.3 Å². The highest BCUT2D eigenvalue weighted by atomic mass is 28.3. The van der Waals surface area contributed by atoms with E-state index in [4.69, 9.17) is 13.9 Å². The molecule has 3 rings (SSSR count). The van der Waals surface area contributed by atoms with Gasteiger partial charge in [0.2, 0.25) is 5.75 Å². The van der Waals surface area contributed by atoms with E-state index in [0.717, 1.165) is 34.3 Å². The number of benzene rings is 2. The molecule has 0 fully saturated rings. The summed E-state index contributed by atoms with van der Waals surface area (Å²) in [5.41, 5.74) is 2.42. The molecule has 0 aliphatic carbocycles. The maximum Gasteiger partial charge on any atom is 0.202 e. The first-order chi connectivity index (χ1) is 12.3. The van der Waals surface area contributed by atoms with Crippen molar-refractivity contribution >= 4 is 24.2 Å². The molecular formula is C21H26O4Si. The van der Waals surface area contributed by atoms with Gasteiger partial charge in [-0.15, -0.1) is 0 Å². The Balaban J connectivity index is 2.58. The largest absolute Gasteiger partial charge is 0.502 e. The van der Waals surface area contributed by atoms with Crippen LogP contribution < -0.4 is 14.7 Å². The standard InChI is InChI=1S/C21H26O4Si/c1-7-14-21(26(4,5)6)16-18(25-14)15(13-11-9-8-10-12-13)19(23-2)17(22)20(16)24-3/h8-12,22H,7H2,1-6H3. The quantitative estimate of drug-likeness (QED) is 0.647. The Morgan fingerprint density at radius 1 is 1.00 bits per heavy atom. The molecule has 0 aliphatic heterocycles. The van der Waals surface area contributed by atoms with Gasteiger partial charge in [-0.05, 0) is 10.8 Å². The third-order valence-corrected chi connectivity index (χ3v) is 6.66. The van der Waals surface area contributed by atoms with Crippen LogP contribution in [-0.2, 0) is 6.42 Å². The number of fused-ring (bicyclic) bond motifs is 1. The number of hydrogen-bond donors (Lipinski definition) is 1. The Labute approximate surface area is 155 Å². The summed E-state index contributed by atoms with van der Waals surface area (Å²) in [6, 6.07) is 9.87. The van der Waals surface area contributed by atoms with E-state index in [2.05, 4.69) is 26.6 Å². The Kier molecular flexibility index (Phi) is 4.75. The van der Waals surface area contributed by atoms with E-state index in [9.17, 15) is 5.11 Å². The summed E-state index contributed by atoms with van der Waals surface area (Å²) in [5, 5.41) is 13.0. The van der Waals surface area contributed by atoms with Crippen LogP contribution in [0.25, 0.3) is 22.1 Å². The lowest BCUT2D eigenvalue weighted by Crippen LogP contribution is -2.39. The van der Waals surface area contributed by atoms with Crippen LogP contribution in [0.5, 0.6) is 17.2 Å². The molecule has 0 bridgehead atoms. The maximum absolute atomic E-state index is 10.9. The minimum Gasteiger partial charge on any atom is -0.502 e. The van der Waals surface area contributed by atoms with Gasteiger partial charge in [-0.3, -0.25) is 0 Å². The Morgan fingerprint density at radius 2 is 1.62 bits per heavy atom. The van der Waals surface area contributed by atoms with Gasteiger partial charge >= 0.3 is 0 Å². The second-order valence-electron chi connectivity index (χ2n) is 7.36. The molecule has 1 N–H and O–H groups in total. The van der Waals surface area contributed by atoms with Crippen LogP contribution in [0, 0.1) is 0 Å². The fourth-order valence-corrected chi connectivity index (χ4v) is 5.66. The molecular weight excluding hydrogens is 344 g/mol. The third-order valence-electron chi connectivity index (χ3n) is 4.63. The topological polar surface area (TPSA) is 51.8 Å². The number of methoxy groups -OCH3 is 2. The van der Waals surface area contributed by atoms with Crippen LogP contribution in [-0.4, -0.2) is 27.4 Å². The van der Waals surface area contributed by atoms with Gasteiger partial charge in [-0.1, -0.05) is 56.9 Å². The fraction of sp³-hybridized carbons (Fsp3) is 0.333. The molecule has 138 valence electrons. The van der Waals surface area contributed by atoms with Gasteiger partial charge in [0.15, 0.2) is 11.5 Å². The van der Waals surface area contributed by atoms with Gasteiger partial charge in [0.05, 0.1) is 33.2 Å². The number of hydrogen-bond acceptors (Lipinski definition) is 4. The summed E-state index contributed by atoms with van der Waals surface area (Å²) in [6.45, 7) is 8.92. The first kappa shape index (κ1) is 18.4. The zero-order valence-electron chi connectivity index (χ0n) is 16.3. The highest BCUT2D eigenvalue weighted by Crippen LogP contribution is 2.51. The van der Waals surface area contributed by atoms with Crippen molar-refractivity contribution in [3.63, 3.8) is 0 Å². The smallest absolute Gasteiger partial charge is 0.202 e. The normalized spacial score (nSPS) is 11.8. The summed E-state index contributed by atoms with van der Waals surface area (Å²) in [5.74, 6) is 1.78. The molecule has 3 aromatic rings. The maximum atomic E-state index is 10.9. The SMILES string of the molecule is CCc1oc2c(-c3ccccc3)c(OC)c(O)c(OC)c2c1[Si](C)(C)C. The van der Waals surface area contributed by atoms with E-state index in [0.29, 0.717) is 11.5 Å². The highest BCUT2D eigenvalue weighted by Gasteiger charge is 2.33. The van der Waals surface area contributed by atoms with Crippen LogP contribution in [0.1, 0.15) is 12.7 Å². The van der Waals surface area contributed by atoms with Crippen molar-refractivity contribution in [1.29, 1.82) is 0 Å². The van der Waals surface area contributed by atoms with E-state index >= 15 is 0 Å². The predicted octanol–water partition coefficient (Wildman–Crippen LogP) is 4.93. The summed E-state index contributed by atoms with van der Waals surface area (Å²) >= 11 is 0. The van der Waals surface area contributed by atoms with Crippen molar-refractivity contribution in [3.05, 3.63) is 36.1 Å². The average Bonchev–Trinajstić information content (AvgIpc) is 3.00. The van der Waals surface area contributed by atoms with Crippen LogP contribution in [0.2, 0.25) is 19.6 Å². The van der Waals surface area contributed by atoms with Crippen LogP contribution in [0.15, 0.2) is 34.7 Å².